The Morgan fingerprint density at radius 2 is 2.44 bits per heavy atom. The lowest BCUT2D eigenvalue weighted by molar-refractivity contribution is 0.126. The third kappa shape index (κ3) is 3.06. The van der Waals surface area contributed by atoms with Crippen molar-refractivity contribution in [3.05, 3.63) is 20.8 Å². The minimum atomic E-state index is 0.677. The predicted molar refractivity (Wildman–Crippen MR) is 73.6 cm³/mol. The molecule has 2 heterocycles. The summed E-state index contributed by atoms with van der Waals surface area (Å²) in [5, 5.41) is 2.24. The first-order valence-corrected chi connectivity index (χ1v) is 7.51. The van der Waals surface area contributed by atoms with Crippen molar-refractivity contribution in [2.45, 2.75) is 19.9 Å². The van der Waals surface area contributed by atoms with E-state index in [1.807, 2.05) is 0 Å². The summed E-state index contributed by atoms with van der Waals surface area (Å²) in [5.74, 6) is 1.46. The molecule has 1 aromatic rings. The zero-order valence-electron chi connectivity index (χ0n) is 9.66. The molecule has 1 aromatic heterocycles. The molecule has 1 aliphatic rings. The topological polar surface area (TPSA) is 29.3 Å². The van der Waals surface area contributed by atoms with E-state index in [4.69, 9.17) is 5.73 Å². The van der Waals surface area contributed by atoms with Crippen molar-refractivity contribution in [3.63, 3.8) is 0 Å². The molecule has 1 fully saturated rings. The second kappa shape index (κ2) is 5.63. The number of rotatable bonds is 3. The van der Waals surface area contributed by atoms with Gasteiger partial charge in [0.1, 0.15) is 0 Å². The molecule has 0 amide bonds. The number of nitrogens with two attached hydrogens (primary N) is 1. The average Bonchev–Trinajstić information content (AvgIpc) is 2.67. The van der Waals surface area contributed by atoms with Gasteiger partial charge in [0.2, 0.25) is 0 Å². The van der Waals surface area contributed by atoms with E-state index in [1.54, 1.807) is 11.3 Å². The van der Waals surface area contributed by atoms with Crippen LogP contribution in [0.15, 0.2) is 15.2 Å². The van der Waals surface area contributed by atoms with Crippen molar-refractivity contribution in [1.82, 2.24) is 4.90 Å². The van der Waals surface area contributed by atoms with Crippen LogP contribution < -0.4 is 5.73 Å². The van der Waals surface area contributed by atoms with E-state index in [-0.39, 0.29) is 0 Å². The van der Waals surface area contributed by atoms with E-state index in [1.165, 1.54) is 22.3 Å². The highest BCUT2D eigenvalue weighted by atomic mass is 79.9. The average molecular weight is 303 g/mol. The second-order valence-corrected chi connectivity index (χ2v) is 7.05. The van der Waals surface area contributed by atoms with Gasteiger partial charge in [-0.3, -0.25) is 4.90 Å². The Kier molecular flexibility index (Phi) is 4.41. The first kappa shape index (κ1) is 12.6. The summed E-state index contributed by atoms with van der Waals surface area (Å²) in [5.41, 5.74) is 7.24. The molecule has 2 unspecified atom stereocenters. The number of nitrogens with zero attached hydrogens (tertiary/aromatic N) is 1. The monoisotopic (exact) mass is 302 g/mol. The van der Waals surface area contributed by atoms with Gasteiger partial charge in [-0.25, -0.2) is 0 Å². The molecule has 2 nitrogen and oxygen atoms in total. The molecule has 1 saturated heterocycles. The van der Waals surface area contributed by atoms with E-state index in [0.717, 1.165) is 25.6 Å². The van der Waals surface area contributed by atoms with Crippen LogP contribution in [0.4, 0.5) is 0 Å². The van der Waals surface area contributed by atoms with Crippen LogP contribution in [0.1, 0.15) is 18.9 Å². The highest BCUT2D eigenvalue weighted by molar-refractivity contribution is 9.11. The molecule has 2 rings (SSSR count). The zero-order chi connectivity index (χ0) is 11.5. The molecule has 0 aliphatic carbocycles. The third-order valence-corrected chi connectivity index (χ3v) is 5.08. The third-order valence-electron chi connectivity index (χ3n) is 3.53. The first-order valence-electron chi connectivity index (χ1n) is 5.84. The number of thiophene rings is 1. The molecule has 0 aromatic carbocycles. The van der Waals surface area contributed by atoms with Gasteiger partial charge in [-0.1, -0.05) is 6.92 Å². The van der Waals surface area contributed by atoms with Gasteiger partial charge in [-0.05, 0) is 64.3 Å². The van der Waals surface area contributed by atoms with E-state index < -0.39 is 0 Å². The van der Waals surface area contributed by atoms with Gasteiger partial charge in [-0.15, -0.1) is 11.3 Å². The highest BCUT2D eigenvalue weighted by Crippen LogP contribution is 2.26. The van der Waals surface area contributed by atoms with Crippen molar-refractivity contribution >= 4 is 27.3 Å². The first-order chi connectivity index (χ1) is 7.69. The lowest BCUT2D eigenvalue weighted by atomic mass is 9.87. The summed E-state index contributed by atoms with van der Waals surface area (Å²) in [6.45, 7) is 6.60. The van der Waals surface area contributed by atoms with Crippen molar-refractivity contribution < 1.29 is 0 Å². The standard InChI is InChI=1S/C12H19BrN2S/c1-9-2-3-15(7-11(9)5-14)6-10-4-12(13)16-8-10/h4,8-9,11H,2-3,5-7,14H2,1H3. The molecule has 2 N–H and O–H groups in total. The summed E-state index contributed by atoms with van der Waals surface area (Å²) < 4.78 is 1.23. The summed E-state index contributed by atoms with van der Waals surface area (Å²) >= 11 is 5.28. The maximum absolute atomic E-state index is 5.82. The van der Waals surface area contributed by atoms with Gasteiger partial charge in [0.05, 0.1) is 3.79 Å². The molecule has 0 saturated carbocycles. The number of hydrogen-bond acceptors (Lipinski definition) is 3. The fraction of sp³-hybridized carbons (Fsp3) is 0.667. The molecule has 16 heavy (non-hydrogen) atoms. The molecule has 0 spiro atoms. The smallest absolute Gasteiger partial charge is 0.0701 e. The lowest BCUT2D eigenvalue weighted by Gasteiger charge is -2.36. The molecule has 0 bridgehead atoms. The van der Waals surface area contributed by atoms with Gasteiger partial charge in [0.25, 0.3) is 0 Å². The van der Waals surface area contributed by atoms with Crippen molar-refractivity contribution in [2.24, 2.45) is 17.6 Å². The Bertz CT molecular complexity index is 340. The fourth-order valence-corrected chi connectivity index (χ4v) is 3.56. The number of halogens is 1. The van der Waals surface area contributed by atoms with E-state index in [9.17, 15) is 0 Å². The van der Waals surface area contributed by atoms with Crippen LogP contribution in [-0.4, -0.2) is 24.5 Å². The molecule has 1 aliphatic heterocycles. The summed E-state index contributed by atoms with van der Waals surface area (Å²) in [4.78, 5) is 2.53. The maximum Gasteiger partial charge on any atom is 0.0701 e. The minimum Gasteiger partial charge on any atom is -0.330 e. The number of piperidine rings is 1. The normalized spacial score (nSPS) is 27.2. The SMILES string of the molecule is CC1CCN(Cc2csc(Br)c2)CC1CN. The van der Waals surface area contributed by atoms with Gasteiger partial charge in [-0.2, -0.15) is 0 Å². The van der Waals surface area contributed by atoms with Crippen LogP contribution in [-0.2, 0) is 6.54 Å². The molecular weight excluding hydrogens is 284 g/mol. The van der Waals surface area contributed by atoms with Gasteiger partial charge >= 0.3 is 0 Å². The molecule has 2 atom stereocenters. The number of hydrogen-bond donors (Lipinski definition) is 1. The van der Waals surface area contributed by atoms with Crippen LogP contribution in [0.25, 0.3) is 0 Å². The quantitative estimate of drug-likeness (QED) is 0.930. The Labute approximate surface area is 110 Å². The summed E-state index contributed by atoms with van der Waals surface area (Å²) in [6.07, 6.45) is 1.28. The second-order valence-electron chi connectivity index (χ2n) is 4.76. The molecule has 0 radical (unpaired) electrons. The van der Waals surface area contributed by atoms with Crippen LogP contribution >= 0.6 is 27.3 Å². The Balaban J connectivity index is 1.91. The van der Waals surface area contributed by atoms with Gasteiger partial charge in [0.15, 0.2) is 0 Å². The molecule has 90 valence electrons. The number of likely N-dealkylation sites (tertiary alicyclic amines) is 1. The van der Waals surface area contributed by atoms with E-state index in [0.29, 0.717) is 5.92 Å². The van der Waals surface area contributed by atoms with E-state index in [2.05, 4.69) is 39.2 Å². The summed E-state index contributed by atoms with van der Waals surface area (Å²) in [6, 6.07) is 2.22. The Hall–Kier alpha value is 0.1000. The maximum atomic E-state index is 5.82. The lowest BCUT2D eigenvalue weighted by Crippen LogP contribution is -2.42. The Morgan fingerprint density at radius 3 is 3.06 bits per heavy atom. The van der Waals surface area contributed by atoms with Crippen molar-refractivity contribution in [1.29, 1.82) is 0 Å². The van der Waals surface area contributed by atoms with Crippen LogP contribution in [0.2, 0.25) is 0 Å². The van der Waals surface area contributed by atoms with Crippen LogP contribution in [0.5, 0.6) is 0 Å². The zero-order valence-corrected chi connectivity index (χ0v) is 12.1. The minimum absolute atomic E-state index is 0.677. The molecular formula is C12H19BrN2S. The predicted octanol–water partition coefficient (Wildman–Crippen LogP) is 2.93. The fourth-order valence-electron chi connectivity index (χ4n) is 2.36. The van der Waals surface area contributed by atoms with Crippen LogP contribution in [0, 0.1) is 11.8 Å². The largest absolute Gasteiger partial charge is 0.330 e. The Morgan fingerprint density at radius 1 is 1.62 bits per heavy atom. The van der Waals surface area contributed by atoms with Crippen molar-refractivity contribution in [3.8, 4) is 0 Å². The van der Waals surface area contributed by atoms with E-state index >= 15 is 0 Å². The summed E-state index contributed by atoms with van der Waals surface area (Å²) in [7, 11) is 0. The van der Waals surface area contributed by atoms with Crippen molar-refractivity contribution in [2.75, 3.05) is 19.6 Å². The van der Waals surface area contributed by atoms with Gasteiger partial charge < -0.3 is 5.73 Å². The molecule has 4 heteroatoms. The van der Waals surface area contributed by atoms with Gasteiger partial charge in [0, 0.05) is 13.1 Å². The highest BCUT2D eigenvalue weighted by Gasteiger charge is 2.24. The van der Waals surface area contributed by atoms with Crippen LogP contribution in [0.3, 0.4) is 0 Å².